The summed E-state index contributed by atoms with van der Waals surface area (Å²) in [5.74, 6) is -0.0466. The van der Waals surface area contributed by atoms with Gasteiger partial charge in [-0.05, 0) is 24.8 Å². The minimum Gasteiger partial charge on any atom is -0.336 e. The fourth-order valence-electron chi connectivity index (χ4n) is 2.27. The van der Waals surface area contributed by atoms with Crippen LogP contribution in [0.25, 0.3) is 0 Å². The number of imide groups is 1. The molecule has 0 spiro atoms. The van der Waals surface area contributed by atoms with Gasteiger partial charge in [0.2, 0.25) is 5.91 Å². The molecule has 4 nitrogen and oxygen atoms in total. The second-order valence-electron chi connectivity index (χ2n) is 4.82. The number of carbonyl (C=O) groups excluding carboxylic acids is 2. The highest BCUT2D eigenvalue weighted by Gasteiger charge is 2.25. The van der Waals surface area contributed by atoms with Crippen molar-refractivity contribution in [2.75, 3.05) is 13.1 Å². The highest BCUT2D eigenvalue weighted by atomic mass is 16.2. The highest BCUT2D eigenvalue weighted by Crippen LogP contribution is 2.09. The van der Waals surface area contributed by atoms with Crippen molar-refractivity contribution in [1.82, 2.24) is 10.2 Å². The minimum absolute atomic E-state index is 0.0466. The van der Waals surface area contributed by atoms with Crippen LogP contribution in [0.1, 0.15) is 31.2 Å². The van der Waals surface area contributed by atoms with E-state index in [1.807, 2.05) is 18.2 Å². The highest BCUT2D eigenvalue weighted by molar-refractivity contribution is 5.95. The van der Waals surface area contributed by atoms with E-state index in [1.165, 1.54) is 10.5 Å². The van der Waals surface area contributed by atoms with E-state index < -0.39 is 0 Å². The molecule has 102 valence electrons. The second kappa shape index (κ2) is 6.92. The number of carbonyl (C=O) groups is 2. The van der Waals surface area contributed by atoms with Crippen LogP contribution in [0.4, 0.5) is 4.79 Å². The molecule has 1 fully saturated rings. The maximum atomic E-state index is 11.8. The maximum absolute atomic E-state index is 11.8. The van der Waals surface area contributed by atoms with Crippen molar-refractivity contribution in [3.05, 3.63) is 35.9 Å². The van der Waals surface area contributed by atoms with Crippen molar-refractivity contribution in [1.29, 1.82) is 0 Å². The molecule has 1 N–H and O–H groups in total. The molecule has 1 aliphatic heterocycles. The SMILES string of the molecule is O=C(CCCCCc1ccccc1)N1CCNC1=O. The number of amides is 3. The minimum atomic E-state index is -0.241. The largest absolute Gasteiger partial charge is 0.336 e. The monoisotopic (exact) mass is 260 g/mol. The van der Waals surface area contributed by atoms with Crippen LogP contribution in [0.3, 0.4) is 0 Å². The van der Waals surface area contributed by atoms with E-state index in [0.29, 0.717) is 19.5 Å². The normalized spacial score (nSPS) is 14.5. The van der Waals surface area contributed by atoms with Gasteiger partial charge < -0.3 is 5.32 Å². The zero-order valence-corrected chi connectivity index (χ0v) is 11.1. The molecule has 1 heterocycles. The number of nitrogens with zero attached hydrogens (tertiary/aromatic N) is 1. The summed E-state index contributed by atoms with van der Waals surface area (Å²) < 4.78 is 0. The van der Waals surface area contributed by atoms with Crippen molar-refractivity contribution in [3.63, 3.8) is 0 Å². The Balaban J connectivity index is 1.59. The van der Waals surface area contributed by atoms with Crippen molar-refractivity contribution in [2.24, 2.45) is 0 Å². The predicted molar refractivity (Wildman–Crippen MR) is 73.7 cm³/mol. The van der Waals surface area contributed by atoms with E-state index in [4.69, 9.17) is 0 Å². The van der Waals surface area contributed by atoms with E-state index >= 15 is 0 Å². The molecule has 0 bridgehead atoms. The van der Waals surface area contributed by atoms with Crippen LogP contribution in [0, 0.1) is 0 Å². The molecule has 2 rings (SSSR count). The van der Waals surface area contributed by atoms with Crippen molar-refractivity contribution >= 4 is 11.9 Å². The van der Waals surface area contributed by atoms with Crippen LogP contribution in [-0.2, 0) is 11.2 Å². The Kier molecular flexibility index (Phi) is 4.95. The zero-order valence-electron chi connectivity index (χ0n) is 11.1. The number of unbranched alkanes of at least 4 members (excludes halogenated alkanes) is 2. The van der Waals surface area contributed by atoms with E-state index in [9.17, 15) is 9.59 Å². The molecule has 0 radical (unpaired) electrons. The molecule has 0 unspecified atom stereocenters. The first kappa shape index (κ1) is 13.6. The molecule has 0 aliphatic carbocycles. The lowest BCUT2D eigenvalue weighted by atomic mass is 10.1. The predicted octanol–water partition coefficient (Wildman–Crippen LogP) is 2.34. The van der Waals surface area contributed by atoms with Gasteiger partial charge in [-0.3, -0.25) is 9.69 Å². The quantitative estimate of drug-likeness (QED) is 0.798. The average Bonchev–Trinajstić information content (AvgIpc) is 2.86. The van der Waals surface area contributed by atoms with E-state index in [1.54, 1.807) is 0 Å². The van der Waals surface area contributed by atoms with Gasteiger partial charge in [0, 0.05) is 19.5 Å². The van der Waals surface area contributed by atoms with E-state index in [2.05, 4.69) is 17.4 Å². The van der Waals surface area contributed by atoms with Crippen LogP contribution in [-0.4, -0.2) is 29.9 Å². The summed E-state index contributed by atoms with van der Waals surface area (Å²) in [4.78, 5) is 24.4. The van der Waals surface area contributed by atoms with Gasteiger partial charge in [-0.2, -0.15) is 0 Å². The third-order valence-corrected chi connectivity index (χ3v) is 3.36. The average molecular weight is 260 g/mol. The first-order valence-electron chi connectivity index (χ1n) is 6.89. The van der Waals surface area contributed by atoms with Crippen LogP contribution < -0.4 is 5.32 Å². The summed E-state index contributed by atoms with van der Waals surface area (Å²) in [6, 6.07) is 10.1. The Morgan fingerprint density at radius 1 is 1.16 bits per heavy atom. The fraction of sp³-hybridized carbons (Fsp3) is 0.467. The molecule has 1 aromatic rings. The molecule has 3 amide bonds. The molecule has 0 aromatic heterocycles. The number of hydrogen-bond acceptors (Lipinski definition) is 2. The first-order chi connectivity index (χ1) is 9.27. The van der Waals surface area contributed by atoms with Gasteiger partial charge in [0.15, 0.2) is 0 Å². The van der Waals surface area contributed by atoms with Crippen molar-refractivity contribution < 1.29 is 9.59 Å². The smallest absolute Gasteiger partial charge is 0.324 e. The van der Waals surface area contributed by atoms with Gasteiger partial charge >= 0.3 is 6.03 Å². The van der Waals surface area contributed by atoms with Gasteiger partial charge in [0.05, 0.1) is 0 Å². The molecule has 1 saturated heterocycles. The third kappa shape index (κ3) is 4.09. The van der Waals surface area contributed by atoms with Gasteiger partial charge in [0.1, 0.15) is 0 Å². The van der Waals surface area contributed by atoms with Crippen molar-refractivity contribution in [3.8, 4) is 0 Å². The molecule has 0 atom stereocenters. The van der Waals surface area contributed by atoms with Gasteiger partial charge in [-0.1, -0.05) is 36.8 Å². The van der Waals surface area contributed by atoms with Gasteiger partial charge in [-0.25, -0.2) is 4.79 Å². The van der Waals surface area contributed by atoms with Crippen LogP contribution >= 0.6 is 0 Å². The molecule has 0 saturated carbocycles. The Labute approximate surface area is 113 Å². The number of nitrogens with one attached hydrogen (secondary N) is 1. The number of aryl methyl sites for hydroxylation is 1. The molecule has 1 aromatic carbocycles. The summed E-state index contributed by atoms with van der Waals surface area (Å²) in [5, 5.41) is 2.64. The summed E-state index contributed by atoms with van der Waals surface area (Å²) in [7, 11) is 0. The molecular formula is C15H20N2O2. The zero-order chi connectivity index (χ0) is 13.5. The number of benzene rings is 1. The van der Waals surface area contributed by atoms with E-state index in [0.717, 1.165) is 25.7 Å². The number of urea groups is 1. The number of rotatable bonds is 6. The Morgan fingerprint density at radius 3 is 2.63 bits per heavy atom. The van der Waals surface area contributed by atoms with Crippen LogP contribution in [0.2, 0.25) is 0 Å². The third-order valence-electron chi connectivity index (χ3n) is 3.36. The molecule has 4 heteroatoms. The molecular weight excluding hydrogens is 240 g/mol. The lowest BCUT2D eigenvalue weighted by molar-refractivity contribution is -0.127. The lowest BCUT2D eigenvalue weighted by Crippen LogP contribution is -2.33. The first-order valence-corrected chi connectivity index (χ1v) is 6.89. The maximum Gasteiger partial charge on any atom is 0.324 e. The Bertz CT molecular complexity index is 431. The fourth-order valence-corrected chi connectivity index (χ4v) is 2.27. The summed E-state index contributed by atoms with van der Waals surface area (Å²) >= 11 is 0. The van der Waals surface area contributed by atoms with Crippen LogP contribution in [0.15, 0.2) is 30.3 Å². The van der Waals surface area contributed by atoms with Crippen LogP contribution in [0.5, 0.6) is 0 Å². The summed E-state index contributed by atoms with van der Waals surface area (Å²) in [6.45, 7) is 1.10. The van der Waals surface area contributed by atoms with Gasteiger partial charge in [-0.15, -0.1) is 0 Å². The second-order valence-corrected chi connectivity index (χ2v) is 4.82. The van der Waals surface area contributed by atoms with E-state index in [-0.39, 0.29) is 11.9 Å². The van der Waals surface area contributed by atoms with Crippen molar-refractivity contribution in [2.45, 2.75) is 32.1 Å². The number of hydrogen-bond donors (Lipinski definition) is 1. The molecule has 1 aliphatic rings. The Hall–Kier alpha value is -1.84. The standard InChI is InChI=1S/C15H20N2O2/c18-14(17-12-11-16-15(17)19)10-6-2-5-9-13-7-3-1-4-8-13/h1,3-4,7-8H,2,5-6,9-12H2,(H,16,19). The summed E-state index contributed by atoms with van der Waals surface area (Å²) in [5.41, 5.74) is 1.34. The van der Waals surface area contributed by atoms with Gasteiger partial charge in [0.25, 0.3) is 0 Å². The summed E-state index contributed by atoms with van der Waals surface area (Å²) in [6.07, 6.45) is 4.50. The Morgan fingerprint density at radius 2 is 1.95 bits per heavy atom. The topological polar surface area (TPSA) is 49.4 Å². The molecule has 19 heavy (non-hydrogen) atoms. The lowest BCUT2D eigenvalue weighted by Gasteiger charge is -2.11.